The molecule has 0 aliphatic heterocycles. The largest absolute Gasteiger partial charge is 0.214 e. The Kier molecular flexibility index (Phi) is 49.5. The highest BCUT2D eigenvalue weighted by Crippen LogP contribution is 2.19. The second-order valence-electron chi connectivity index (χ2n) is 19.1. The van der Waals surface area contributed by atoms with E-state index in [4.69, 9.17) is 0 Å². The highest BCUT2D eigenvalue weighted by molar-refractivity contribution is 7.89. The molecule has 0 aromatic heterocycles. The lowest BCUT2D eigenvalue weighted by Gasteiger charge is -2.22. The molecule has 0 aliphatic carbocycles. The molecule has 0 atom stereocenters. The van der Waals surface area contributed by atoms with Gasteiger partial charge in [0.25, 0.3) is 0 Å². The van der Waals surface area contributed by atoms with E-state index in [-0.39, 0.29) is 0 Å². The number of sulfonamides is 1. The molecular formula is C54H111NO2S. The summed E-state index contributed by atoms with van der Waals surface area (Å²) in [5.74, 6) is 0.364. The smallest absolute Gasteiger partial charge is 0.212 e. The van der Waals surface area contributed by atoms with Crippen LogP contribution in [0.15, 0.2) is 0 Å². The van der Waals surface area contributed by atoms with Crippen molar-refractivity contribution in [3.05, 3.63) is 0 Å². The van der Waals surface area contributed by atoms with E-state index in [1.54, 1.807) is 0 Å². The number of rotatable bonds is 52. The fourth-order valence-corrected chi connectivity index (χ4v) is 10.7. The second-order valence-corrected chi connectivity index (χ2v) is 21.2. The summed E-state index contributed by atoms with van der Waals surface area (Å²) < 4.78 is 29.1. The predicted octanol–water partition coefficient (Wildman–Crippen LogP) is 19.4. The van der Waals surface area contributed by atoms with Gasteiger partial charge in [0.05, 0.1) is 5.75 Å². The first kappa shape index (κ1) is 57.9. The summed E-state index contributed by atoms with van der Waals surface area (Å²) in [6, 6.07) is 0. The summed E-state index contributed by atoms with van der Waals surface area (Å²) in [7, 11) is -3.15. The third-order valence-electron chi connectivity index (χ3n) is 13.2. The van der Waals surface area contributed by atoms with Crippen molar-refractivity contribution in [1.29, 1.82) is 0 Å². The van der Waals surface area contributed by atoms with Gasteiger partial charge in [-0.1, -0.05) is 310 Å². The fraction of sp³-hybridized carbons (Fsp3) is 1.00. The van der Waals surface area contributed by atoms with Gasteiger partial charge in [0.2, 0.25) is 10.0 Å². The molecule has 0 aromatic rings. The summed E-state index contributed by atoms with van der Waals surface area (Å²) in [4.78, 5) is 0. The van der Waals surface area contributed by atoms with Gasteiger partial charge in [-0.05, 0) is 19.3 Å². The first-order valence-electron chi connectivity index (χ1n) is 27.6. The van der Waals surface area contributed by atoms with Crippen LogP contribution in [0.4, 0.5) is 0 Å². The minimum Gasteiger partial charge on any atom is -0.212 e. The molecule has 4 heteroatoms. The molecule has 0 heterocycles. The minimum absolute atomic E-state index is 0.364. The predicted molar refractivity (Wildman–Crippen MR) is 264 cm³/mol. The van der Waals surface area contributed by atoms with Crippen LogP contribution < -0.4 is 0 Å². The molecule has 0 aromatic carbocycles. The Morgan fingerprint density at radius 1 is 0.224 bits per heavy atom. The summed E-state index contributed by atoms with van der Waals surface area (Å²) in [5.41, 5.74) is 0. The van der Waals surface area contributed by atoms with E-state index in [0.717, 1.165) is 38.8 Å². The highest BCUT2D eigenvalue weighted by Gasteiger charge is 2.20. The summed E-state index contributed by atoms with van der Waals surface area (Å²) >= 11 is 0. The first-order valence-corrected chi connectivity index (χ1v) is 29.2. The van der Waals surface area contributed by atoms with Crippen molar-refractivity contribution in [2.24, 2.45) is 0 Å². The van der Waals surface area contributed by atoms with E-state index in [0.29, 0.717) is 5.75 Å². The Morgan fingerprint density at radius 2 is 0.379 bits per heavy atom. The molecule has 0 N–H and O–H groups in total. The molecule has 0 aliphatic rings. The van der Waals surface area contributed by atoms with E-state index in [9.17, 15) is 8.42 Å². The monoisotopic (exact) mass is 838 g/mol. The molecule has 0 unspecified atom stereocenters. The number of hydrogen-bond donors (Lipinski definition) is 0. The van der Waals surface area contributed by atoms with Crippen molar-refractivity contribution in [1.82, 2.24) is 4.31 Å². The van der Waals surface area contributed by atoms with Gasteiger partial charge in [-0.3, -0.25) is 0 Å². The zero-order valence-electron chi connectivity index (χ0n) is 40.7. The van der Waals surface area contributed by atoms with E-state index in [1.165, 1.54) is 283 Å². The number of hydrogen-bond acceptors (Lipinski definition) is 2. The van der Waals surface area contributed by atoms with E-state index in [2.05, 4.69) is 20.8 Å². The number of unbranched alkanes of at least 4 members (excludes halogenated alkanes) is 45. The van der Waals surface area contributed by atoms with Crippen LogP contribution in [-0.2, 0) is 10.0 Å². The minimum atomic E-state index is -3.15. The van der Waals surface area contributed by atoms with Crippen LogP contribution in [-0.4, -0.2) is 31.6 Å². The molecule has 0 saturated carbocycles. The van der Waals surface area contributed by atoms with Crippen molar-refractivity contribution < 1.29 is 8.42 Å². The van der Waals surface area contributed by atoms with Crippen LogP contribution in [0.2, 0.25) is 0 Å². The lowest BCUT2D eigenvalue weighted by atomic mass is 10.0. The summed E-state index contributed by atoms with van der Waals surface area (Å²) in [6.45, 7) is 8.39. The average Bonchev–Trinajstić information content (AvgIpc) is 3.22. The lowest BCUT2D eigenvalue weighted by molar-refractivity contribution is 0.382. The quantitative estimate of drug-likeness (QED) is 0.0572. The maximum Gasteiger partial charge on any atom is 0.214 e. The zero-order valence-corrected chi connectivity index (χ0v) is 41.6. The molecule has 350 valence electrons. The maximum atomic E-state index is 13.6. The van der Waals surface area contributed by atoms with E-state index < -0.39 is 10.0 Å². The number of nitrogens with zero attached hydrogens (tertiary/aromatic N) is 1. The molecule has 0 rings (SSSR count). The molecule has 58 heavy (non-hydrogen) atoms. The van der Waals surface area contributed by atoms with Crippen LogP contribution >= 0.6 is 0 Å². The van der Waals surface area contributed by atoms with E-state index >= 15 is 0 Å². The Hall–Kier alpha value is -0.0900. The third-order valence-corrected chi connectivity index (χ3v) is 15.1. The van der Waals surface area contributed by atoms with Crippen molar-refractivity contribution in [2.45, 2.75) is 329 Å². The first-order chi connectivity index (χ1) is 28.6. The van der Waals surface area contributed by atoms with Crippen LogP contribution in [0, 0.1) is 0 Å². The Labute approximate surface area is 369 Å². The van der Waals surface area contributed by atoms with Gasteiger partial charge in [-0.2, -0.15) is 0 Å². The van der Waals surface area contributed by atoms with Crippen molar-refractivity contribution in [2.75, 3.05) is 18.8 Å². The van der Waals surface area contributed by atoms with Crippen LogP contribution in [0.3, 0.4) is 0 Å². The highest BCUT2D eigenvalue weighted by atomic mass is 32.2. The van der Waals surface area contributed by atoms with Crippen LogP contribution in [0.1, 0.15) is 329 Å². The second kappa shape index (κ2) is 49.6. The molecule has 0 bridgehead atoms. The van der Waals surface area contributed by atoms with Crippen molar-refractivity contribution in [3.63, 3.8) is 0 Å². The standard InChI is InChI=1S/C54H111NO2S/c1-4-7-10-13-16-19-22-25-28-31-34-37-40-43-46-49-52-55(53-50-47-44-41-38-35-32-29-26-23-20-17-14-11-8-5-2)58(56,57)54-51-48-45-42-39-36-33-30-27-24-21-18-15-12-9-6-3/h4-54H2,1-3H3. The Bertz CT molecular complexity index is 808. The average molecular weight is 839 g/mol. The Balaban J connectivity index is 4.21. The van der Waals surface area contributed by atoms with Gasteiger partial charge >= 0.3 is 0 Å². The topological polar surface area (TPSA) is 37.4 Å². The summed E-state index contributed by atoms with van der Waals surface area (Å²) in [5, 5.41) is 0. The molecule has 0 saturated heterocycles. The van der Waals surface area contributed by atoms with Crippen LogP contribution in [0.25, 0.3) is 0 Å². The van der Waals surface area contributed by atoms with Gasteiger partial charge in [0, 0.05) is 13.1 Å². The Morgan fingerprint density at radius 3 is 0.569 bits per heavy atom. The SMILES string of the molecule is CCCCCCCCCCCCCCCCCCN(CCCCCCCCCCCCCCCCCC)S(=O)(=O)CCCCCCCCCCCCCCCCCC. The molecule has 0 fully saturated rings. The van der Waals surface area contributed by atoms with Crippen molar-refractivity contribution in [3.8, 4) is 0 Å². The van der Waals surface area contributed by atoms with Gasteiger partial charge < -0.3 is 0 Å². The summed E-state index contributed by atoms with van der Waals surface area (Å²) in [6.07, 6.45) is 64.7. The molecule has 3 nitrogen and oxygen atoms in total. The molecular weight excluding hydrogens is 727 g/mol. The fourth-order valence-electron chi connectivity index (χ4n) is 9.02. The normalized spacial score (nSPS) is 12.1. The van der Waals surface area contributed by atoms with Crippen molar-refractivity contribution >= 4 is 10.0 Å². The molecule has 0 amide bonds. The van der Waals surface area contributed by atoms with Crippen LogP contribution in [0.5, 0.6) is 0 Å². The lowest BCUT2D eigenvalue weighted by Crippen LogP contribution is -2.35. The zero-order chi connectivity index (χ0) is 42.1. The van der Waals surface area contributed by atoms with E-state index in [1.807, 2.05) is 4.31 Å². The van der Waals surface area contributed by atoms with Gasteiger partial charge in [0.15, 0.2) is 0 Å². The van der Waals surface area contributed by atoms with Gasteiger partial charge in [-0.15, -0.1) is 0 Å². The van der Waals surface area contributed by atoms with Gasteiger partial charge in [-0.25, -0.2) is 12.7 Å². The third kappa shape index (κ3) is 45.4. The van der Waals surface area contributed by atoms with Gasteiger partial charge in [0.1, 0.15) is 0 Å². The maximum absolute atomic E-state index is 13.6. The molecule has 0 spiro atoms. The molecule has 0 radical (unpaired) electrons.